The number of hydrogen-bond donors (Lipinski definition) is 4. The van der Waals surface area contributed by atoms with Gasteiger partial charge in [-0.3, -0.25) is 5.41 Å². The quantitative estimate of drug-likeness (QED) is 0.436. The molecule has 0 aromatic heterocycles. The van der Waals surface area contributed by atoms with E-state index in [9.17, 15) is 0 Å². The smallest absolute Gasteiger partial charge is 0.284 e. The lowest BCUT2D eigenvalue weighted by molar-refractivity contribution is 0.348. The number of ether oxygens (including phenoxy) is 1. The van der Waals surface area contributed by atoms with Crippen molar-refractivity contribution in [1.82, 2.24) is 10.2 Å². The molecule has 5 N–H and O–H groups in total. The molecule has 1 fully saturated rings. The fraction of sp³-hybridized carbons (Fsp3) is 0.300. The highest BCUT2D eigenvalue weighted by Crippen LogP contribution is 2.27. The summed E-state index contributed by atoms with van der Waals surface area (Å²) in [5, 5.41) is 15.6. The summed E-state index contributed by atoms with van der Waals surface area (Å²) in [4.78, 5) is 1.85. The second-order valence-corrected chi connectivity index (χ2v) is 8.02. The zero-order valence-corrected chi connectivity index (χ0v) is 17.5. The predicted molar refractivity (Wildman–Crippen MR) is 119 cm³/mol. The fourth-order valence-corrected chi connectivity index (χ4v) is 3.63. The molecule has 1 aliphatic heterocycles. The van der Waals surface area contributed by atoms with Gasteiger partial charge in [0.05, 0.1) is 23.5 Å². The van der Waals surface area contributed by atoms with Crippen molar-refractivity contribution in [3.05, 3.63) is 58.6 Å². The van der Waals surface area contributed by atoms with E-state index in [2.05, 4.69) is 10.6 Å². The Labute approximate surface area is 175 Å². The lowest BCUT2D eigenvalue weighted by Crippen LogP contribution is -2.43. The number of rotatable bonds is 5. The van der Waals surface area contributed by atoms with E-state index in [0.717, 1.165) is 16.8 Å². The van der Waals surface area contributed by atoms with Crippen molar-refractivity contribution < 1.29 is 4.74 Å². The molecular weight excluding hydrogens is 394 g/mol. The minimum atomic E-state index is -0.427. The van der Waals surface area contributed by atoms with Crippen LogP contribution in [0.5, 0.6) is 0 Å². The van der Waals surface area contributed by atoms with E-state index in [4.69, 9.17) is 39.7 Å². The first kappa shape index (κ1) is 20.2. The van der Waals surface area contributed by atoms with Crippen LogP contribution in [-0.2, 0) is 16.8 Å². The zero-order valence-electron chi connectivity index (χ0n) is 15.9. The molecule has 0 spiro atoms. The van der Waals surface area contributed by atoms with E-state index in [1.54, 1.807) is 0 Å². The molecule has 8 heteroatoms. The maximum Gasteiger partial charge on any atom is 0.284 e. The number of amidine groups is 1. The Morgan fingerprint density at radius 2 is 2.07 bits per heavy atom. The molecular formula is C20H24ClN5OS. The molecule has 0 radical (unpaired) electrons. The molecule has 0 unspecified atom stereocenters. The Hall–Kier alpha value is -2.51. The van der Waals surface area contributed by atoms with Crippen LogP contribution in [0.4, 0.5) is 11.4 Å². The van der Waals surface area contributed by atoms with E-state index in [1.807, 2.05) is 61.2 Å². The summed E-state index contributed by atoms with van der Waals surface area (Å²) in [7, 11) is 0. The Morgan fingerprint density at radius 3 is 2.75 bits per heavy atom. The monoisotopic (exact) mass is 417 g/mol. The molecule has 148 valence electrons. The Kier molecular flexibility index (Phi) is 5.96. The van der Waals surface area contributed by atoms with Crippen LogP contribution in [0.15, 0.2) is 42.5 Å². The molecule has 28 heavy (non-hydrogen) atoms. The Bertz CT molecular complexity index is 902. The number of benzene rings is 2. The average molecular weight is 418 g/mol. The van der Waals surface area contributed by atoms with Crippen LogP contribution in [-0.4, -0.2) is 29.2 Å². The third kappa shape index (κ3) is 4.66. The Morgan fingerprint density at radius 1 is 1.32 bits per heavy atom. The van der Waals surface area contributed by atoms with Crippen LogP contribution in [0, 0.1) is 5.41 Å². The highest BCUT2D eigenvalue weighted by molar-refractivity contribution is 7.80. The van der Waals surface area contributed by atoms with Gasteiger partial charge in [-0.25, -0.2) is 0 Å². The number of halogens is 1. The van der Waals surface area contributed by atoms with Crippen molar-refractivity contribution in [1.29, 1.82) is 5.41 Å². The standard InChI is InChI=1S/C20H24ClN5OS/c1-20(2,14-6-4-7-15(21)11-14)25-19(28)24-17-13(5-3-8-16(17)22)12-26-9-10-27-18(26)23/h3-8,11,23H,9-10,12,22H2,1-2H3,(H2,24,25,28). The second kappa shape index (κ2) is 8.24. The third-order valence-electron chi connectivity index (χ3n) is 4.64. The summed E-state index contributed by atoms with van der Waals surface area (Å²) < 4.78 is 5.22. The van der Waals surface area contributed by atoms with Crippen LogP contribution in [0.1, 0.15) is 25.0 Å². The van der Waals surface area contributed by atoms with E-state index in [1.165, 1.54) is 0 Å². The summed E-state index contributed by atoms with van der Waals surface area (Å²) in [5.41, 5.74) is 9.07. The van der Waals surface area contributed by atoms with E-state index in [0.29, 0.717) is 35.5 Å². The van der Waals surface area contributed by atoms with Gasteiger partial charge in [0.2, 0.25) is 0 Å². The normalized spacial score (nSPS) is 14.0. The Balaban J connectivity index is 1.75. The highest BCUT2D eigenvalue weighted by Gasteiger charge is 2.23. The number of nitrogens with zero attached hydrogens (tertiary/aromatic N) is 1. The van der Waals surface area contributed by atoms with Crippen molar-refractivity contribution in [3.8, 4) is 0 Å². The van der Waals surface area contributed by atoms with Gasteiger partial charge in [0, 0.05) is 11.6 Å². The largest absolute Gasteiger partial charge is 0.463 e. The van der Waals surface area contributed by atoms with Gasteiger partial charge >= 0.3 is 0 Å². The van der Waals surface area contributed by atoms with Gasteiger partial charge in [-0.1, -0.05) is 35.9 Å². The van der Waals surface area contributed by atoms with Crippen LogP contribution < -0.4 is 16.4 Å². The fourth-order valence-electron chi connectivity index (χ4n) is 3.08. The van der Waals surface area contributed by atoms with Crippen molar-refractivity contribution in [2.45, 2.75) is 25.9 Å². The average Bonchev–Trinajstić information content (AvgIpc) is 3.02. The van der Waals surface area contributed by atoms with Gasteiger partial charge in [-0.05, 0) is 55.4 Å². The number of para-hydroxylation sites is 1. The molecule has 2 aromatic carbocycles. The number of anilines is 2. The molecule has 1 aliphatic rings. The maximum atomic E-state index is 7.85. The molecule has 0 saturated carbocycles. The SMILES string of the molecule is CC(C)(NC(=S)Nc1c(N)cccc1CN1CCOC1=N)c1cccc(Cl)c1. The number of nitrogen functional groups attached to an aromatic ring is 1. The first-order valence-corrected chi connectivity index (χ1v) is 9.74. The number of nitrogens with one attached hydrogen (secondary N) is 3. The summed E-state index contributed by atoms with van der Waals surface area (Å²) in [6, 6.07) is 13.5. The summed E-state index contributed by atoms with van der Waals surface area (Å²) in [6.07, 6.45) is 0. The predicted octanol–water partition coefficient (Wildman–Crippen LogP) is 3.91. The molecule has 0 bridgehead atoms. The topological polar surface area (TPSA) is 86.4 Å². The molecule has 1 saturated heterocycles. The molecule has 3 rings (SSSR count). The van der Waals surface area contributed by atoms with Crippen LogP contribution >= 0.6 is 23.8 Å². The molecule has 0 aliphatic carbocycles. The minimum absolute atomic E-state index is 0.177. The molecule has 6 nitrogen and oxygen atoms in total. The lowest BCUT2D eigenvalue weighted by Gasteiger charge is -2.29. The first-order chi connectivity index (χ1) is 13.3. The first-order valence-electron chi connectivity index (χ1n) is 8.95. The highest BCUT2D eigenvalue weighted by atomic mass is 35.5. The molecule has 0 amide bonds. The van der Waals surface area contributed by atoms with Crippen LogP contribution in [0.2, 0.25) is 5.02 Å². The van der Waals surface area contributed by atoms with Crippen molar-refractivity contribution >= 4 is 46.3 Å². The van der Waals surface area contributed by atoms with E-state index < -0.39 is 5.54 Å². The lowest BCUT2D eigenvalue weighted by atomic mass is 9.94. The molecule has 0 atom stereocenters. The van der Waals surface area contributed by atoms with Gasteiger partial charge in [-0.2, -0.15) is 0 Å². The number of hydrogen-bond acceptors (Lipinski definition) is 4. The van der Waals surface area contributed by atoms with Crippen molar-refractivity contribution in [2.24, 2.45) is 0 Å². The minimum Gasteiger partial charge on any atom is -0.463 e. The molecule has 2 aromatic rings. The van der Waals surface area contributed by atoms with Crippen LogP contribution in [0.3, 0.4) is 0 Å². The summed E-state index contributed by atoms with van der Waals surface area (Å²) in [6.45, 7) is 5.79. The number of nitrogens with two attached hydrogens (primary N) is 1. The number of thiocarbonyl (C=S) groups is 1. The molecule has 1 heterocycles. The summed E-state index contributed by atoms with van der Waals surface area (Å²) >= 11 is 11.7. The van der Waals surface area contributed by atoms with Gasteiger partial charge < -0.3 is 26.0 Å². The van der Waals surface area contributed by atoms with Gasteiger partial charge in [-0.15, -0.1) is 0 Å². The maximum absolute atomic E-state index is 7.85. The van der Waals surface area contributed by atoms with Crippen LogP contribution in [0.25, 0.3) is 0 Å². The van der Waals surface area contributed by atoms with Gasteiger partial charge in [0.15, 0.2) is 5.11 Å². The second-order valence-electron chi connectivity index (χ2n) is 7.17. The van der Waals surface area contributed by atoms with E-state index >= 15 is 0 Å². The van der Waals surface area contributed by atoms with Crippen molar-refractivity contribution in [3.63, 3.8) is 0 Å². The van der Waals surface area contributed by atoms with Gasteiger partial charge in [0.25, 0.3) is 6.02 Å². The summed E-state index contributed by atoms with van der Waals surface area (Å²) in [5.74, 6) is 0. The van der Waals surface area contributed by atoms with Gasteiger partial charge in [0.1, 0.15) is 6.61 Å². The zero-order chi connectivity index (χ0) is 20.3. The third-order valence-corrected chi connectivity index (χ3v) is 5.08. The van der Waals surface area contributed by atoms with E-state index in [-0.39, 0.29) is 6.02 Å². The van der Waals surface area contributed by atoms with Crippen molar-refractivity contribution in [2.75, 3.05) is 24.2 Å².